The molecule has 20 heavy (non-hydrogen) atoms. The molecule has 2 rings (SSSR count). The Labute approximate surface area is 118 Å². The maximum Gasteiger partial charge on any atom is 0.246 e. The van der Waals surface area contributed by atoms with Crippen molar-refractivity contribution >= 4 is 10.0 Å². The van der Waals surface area contributed by atoms with Crippen molar-refractivity contribution in [1.29, 1.82) is 0 Å². The van der Waals surface area contributed by atoms with Gasteiger partial charge in [0.15, 0.2) is 0 Å². The molecule has 1 aromatic rings. The third-order valence-corrected chi connectivity index (χ3v) is 5.16. The van der Waals surface area contributed by atoms with E-state index in [0.29, 0.717) is 12.1 Å². The monoisotopic (exact) mass is 297 g/mol. The fourth-order valence-electron chi connectivity index (χ4n) is 2.04. The van der Waals surface area contributed by atoms with Crippen molar-refractivity contribution in [3.63, 3.8) is 0 Å². The molecule has 0 spiro atoms. The van der Waals surface area contributed by atoms with E-state index in [1.165, 1.54) is 16.4 Å². The summed E-state index contributed by atoms with van der Waals surface area (Å²) in [7, 11) is -3.80. The molecule has 0 atom stereocenters. The number of hydrogen-bond donors (Lipinski definition) is 1. The first-order valence-corrected chi connectivity index (χ1v) is 7.85. The van der Waals surface area contributed by atoms with E-state index in [-0.39, 0.29) is 17.5 Å². The van der Waals surface area contributed by atoms with E-state index in [1.54, 1.807) is 6.92 Å². The summed E-state index contributed by atoms with van der Waals surface area (Å²) in [4.78, 5) is -0.319. The van der Waals surface area contributed by atoms with Crippen molar-refractivity contribution in [2.75, 3.05) is 13.2 Å². The summed E-state index contributed by atoms with van der Waals surface area (Å²) >= 11 is 0. The summed E-state index contributed by atoms with van der Waals surface area (Å²) in [6, 6.07) is 3.76. The molecule has 1 N–H and O–H groups in total. The molecule has 0 saturated heterocycles. The lowest BCUT2D eigenvalue weighted by Gasteiger charge is -2.20. The maximum atomic E-state index is 14.0. The predicted molar refractivity (Wildman–Crippen MR) is 73.0 cm³/mol. The smallest absolute Gasteiger partial charge is 0.246 e. The van der Waals surface area contributed by atoms with E-state index in [1.807, 2.05) is 0 Å². The third-order valence-electron chi connectivity index (χ3n) is 3.10. The van der Waals surface area contributed by atoms with Gasteiger partial charge >= 0.3 is 0 Å². The lowest BCUT2D eigenvalue weighted by atomic mass is 10.2. The van der Waals surface area contributed by atoms with E-state index in [0.717, 1.165) is 18.9 Å². The summed E-state index contributed by atoms with van der Waals surface area (Å²) in [6.07, 6.45) is 1.66. The molecule has 0 aromatic heterocycles. The Bertz CT molecular complexity index is 657. The van der Waals surface area contributed by atoms with Gasteiger partial charge in [-0.15, -0.1) is 0 Å². The van der Waals surface area contributed by atoms with Crippen LogP contribution in [0.15, 0.2) is 23.1 Å². The molecule has 1 fully saturated rings. The zero-order chi connectivity index (χ0) is 14.8. The quantitative estimate of drug-likeness (QED) is 0.853. The largest absolute Gasteiger partial charge is 0.384 e. The van der Waals surface area contributed by atoms with Gasteiger partial charge in [0.05, 0.1) is 0 Å². The molecule has 1 saturated carbocycles. The molecule has 0 bridgehead atoms. The lowest BCUT2D eigenvalue weighted by molar-refractivity contribution is 0.350. The van der Waals surface area contributed by atoms with Crippen LogP contribution >= 0.6 is 0 Å². The normalized spacial score (nSPS) is 15.0. The molecule has 1 aliphatic rings. The molecule has 108 valence electrons. The van der Waals surface area contributed by atoms with Gasteiger partial charge in [-0.05, 0) is 31.0 Å². The number of hydrogen-bond acceptors (Lipinski definition) is 3. The molecule has 0 unspecified atom stereocenters. The molecule has 4 nitrogen and oxygen atoms in total. The summed E-state index contributed by atoms with van der Waals surface area (Å²) in [5.74, 6) is 4.12. The van der Waals surface area contributed by atoms with Crippen molar-refractivity contribution in [3.8, 4) is 11.8 Å². The number of rotatable bonds is 4. The molecule has 0 aliphatic heterocycles. The number of halogens is 1. The van der Waals surface area contributed by atoms with Gasteiger partial charge in [-0.25, -0.2) is 12.8 Å². The van der Waals surface area contributed by atoms with Gasteiger partial charge in [0, 0.05) is 18.2 Å². The van der Waals surface area contributed by atoms with E-state index >= 15 is 0 Å². The van der Waals surface area contributed by atoms with E-state index < -0.39 is 15.8 Å². The first-order chi connectivity index (χ1) is 9.50. The van der Waals surface area contributed by atoms with Crippen LogP contribution in [0, 0.1) is 17.7 Å². The van der Waals surface area contributed by atoms with Gasteiger partial charge < -0.3 is 5.11 Å². The minimum absolute atomic E-state index is 0.00161. The zero-order valence-electron chi connectivity index (χ0n) is 11.1. The second kappa shape index (κ2) is 5.92. The van der Waals surface area contributed by atoms with Crippen LogP contribution in [0.4, 0.5) is 4.39 Å². The predicted octanol–water partition coefficient (Wildman–Crippen LogP) is 1.34. The molecule has 6 heteroatoms. The average molecular weight is 297 g/mol. The van der Waals surface area contributed by atoms with Crippen LogP contribution in [0.5, 0.6) is 0 Å². The molecule has 0 heterocycles. The minimum atomic E-state index is -3.80. The van der Waals surface area contributed by atoms with Crippen LogP contribution < -0.4 is 0 Å². The number of nitrogens with zero attached hydrogens (tertiary/aromatic N) is 1. The average Bonchev–Trinajstić information content (AvgIpc) is 3.21. The second-order valence-electron chi connectivity index (χ2n) is 4.54. The Morgan fingerprint density at radius 1 is 1.45 bits per heavy atom. The number of sulfonamides is 1. The Balaban J connectivity index is 2.37. The van der Waals surface area contributed by atoms with Crippen molar-refractivity contribution < 1.29 is 17.9 Å². The van der Waals surface area contributed by atoms with Crippen LogP contribution in [0.2, 0.25) is 0 Å². The Morgan fingerprint density at radius 2 is 2.15 bits per heavy atom. The van der Waals surface area contributed by atoms with Crippen molar-refractivity contribution in [2.45, 2.75) is 30.7 Å². The van der Waals surface area contributed by atoms with Crippen LogP contribution in [0.1, 0.15) is 25.3 Å². The van der Waals surface area contributed by atoms with Gasteiger partial charge in [-0.3, -0.25) is 0 Å². The standard InChI is InChI=1S/C14H16FNO3S/c1-2-16(12-6-7-12)20(18,19)14-8-5-11(4-3-9-17)10-13(14)15/h5,8,10,12,17H,2,6-7,9H2,1H3. The van der Waals surface area contributed by atoms with Crippen molar-refractivity contribution in [2.24, 2.45) is 0 Å². The maximum absolute atomic E-state index is 14.0. The Morgan fingerprint density at radius 3 is 2.65 bits per heavy atom. The Hall–Kier alpha value is -1.42. The molecule has 0 radical (unpaired) electrons. The first-order valence-electron chi connectivity index (χ1n) is 6.41. The fraction of sp³-hybridized carbons (Fsp3) is 0.429. The summed E-state index contributed by atoms with van der Waals surface area (Å²) < 4.78 is 40.2. The van der Waals surface area contributed by atoms with E-state index in [9.17, 15) is 12.8 Å². The lowest BCUT2D eigenvalue weighted by Crippen LogP contribution is -2.33. The first kappa shape index (κ1) is 15.0. The minimum Gasteiger partial charge on any atom is -0.384 e. The van der Waals surface area contributed by atoms with Crippen LogP contribution in [-0.2, 0) is 10.0 Å². The van der Waals surface area contributed by atoms with Gasteiger partial charge in [0.1, 0.15) is 17.3 Å². The highest BCUT2D eigenvalue weighted by molar-refractivity contribution is 7.89. The number of aliphatic hydroxyl groups excluding tert-OH is 1. The number of aliphatic hydroxyl groups is 1. The molecule has 1 aromatic carbocycles. The van der Waals surface area contributed by atoms with Gasteiger partial charge in [-0.1, -0.05) is 18.8 Å². The van der Waals surface area contributed by atoms with Crippen molar-refractivity contribution in [1.82, 2.24) is 4.31 Å². The molecular formula is C14H16FNO3S. The summed E-state index contributed by atoms with van der Waals surface area (Å²) in [6.45, 7) is 1.75. The topological polar surface area (TPSA) is 57.6 Å². The number of benzene rings is 1. The van der Waals surface area contributed by atoms with E-state index in [2.05, 4.69) is 11.8 Å². The summed E-state index contributed by atoms with van der Waals surface area (Å²) in [5, 5.41) is 8.58. The van der Waals surface area contributed by atoms with Crippen LogP contribution in [0.25, 0.3) is 0 Å². The highest BCUT2D eigenvalue weighted by atomic mass is 32.2. The second-order valence-corrected chi connectivity index (χ2v) is 6.40. The molecular weight excluding hydrogens is 281 g/mol. The van der Waals surface area contributed by atoms with E-state index in [4.69, 9.17) is 5.11 Å². The third kappa shape index (κ3) is 3.01. The van der Waals surface area contributed by atoms with Gasteiger partial charge in [-0.2, -0.15) is 4.31 Å². The van der Waals surface area contributed by atoms with Gasteiger partial charge in [0.25, 0.3) is 0 Å². The van der Waals surface area contributed by atoms with Crippen LogP contribution in [-0.4, -0.2) is 37.0 Å². The summed E-state index contributed by atoms with van der Waals surface area (Å²) in [5.41, 5.74) is 0.338. The SMILES string of the molecule is CCN(C1CC1)S(=O)(=O)c1ccc(C#CCO)cc1F. The fourth-order valence-corrected chi connectivity index (χ4v) is 3.78. The molecule has 0 amide bonds. The zero-order valence-corrected chi connectivity index (χ0v) is 12.0. The van der Waals surface area contributed by atoms with Crippen molar-refractivity contribution in [3.05, 3.63) is 29.6 Å². The highest BCUT2D eigenvalue weighted by Gasteiger charge is 2.38. The Kier molecular flexibility index (Phi) is 4.43. The highest BCUT2D eigenvalue weighted by Crippen LogP contribution is 2.32. The molecule has 1 aliphatic carbocycles. The van der Waals surface area contributed by atoms with Crippen LogP contribution in [0.3, 0.4) is 0 Å². The van der Waals surface area contributed by atoms with Gasteiger partial charge in [0.2, 0.25) is 10.0 Å².